The Balaban J connectivity index is 2.17. The summed E-state index contributed by atoms with van der Waals surface area (Å²) < 4.78 is 34.5. The van der Waals surface area contributed by atoms with Gasteiger partial charge in [-0.05, 0) is 83.9 Å². The maximum Gasteiger partial charge on any atom is 0.314 e. The zero-order valence-electron chi connectivity index (χ0n) is 22.0. The number of carbonyl (C=O) groups is 2. The summed E-state index contributed by atoms with van der Waals surface area (Å²) in [5.74, 6) is 0.0950. The number of carbonyl (C=O) groups excluding carboxylic acids is 2. The lowest BCUT2D eigenvalue weighted by molar-refractivity contribution is -0.146. The SMILES string of the molecule is CCOC(=O)C(c1ccc2c(c1)OCO2)C(C=O)c1cc(OC(C)C)c(OC(C)C)c(OC(C)C)c1. The second-order valence-corrected chi connectivity index (χ2v) is 9.35. The summed E-state index contributed by atoms with van der Waals surface area (Å²) in [4.78, 5) is 25.8. The molecule has 0 radical (unpaired) electrons. The van der Waals surface area contributed by atoms with E-state index in [-0.39, 0.29) is 31.7 Å². The number of aldehydes is 1. The fraction of sp³-hybridized carbons (Fsp3) is 0.500. The summed E-state index contributed by atoms with van der Waals surface area (Å²) in [5, 5.41) is 0. The molecule has 1 heterocycles. The van der Waals surface area contributed by atoms with Gasteiger partial charge in [0.2, 0.25) is 12.5 Å². The van der Waals surface area contributed by atoms with E-state index in [1.54, 1.807) is 37.3 Å². The molecule has 0 bridgehead atoms. The third-order valence-electron chi connectivity index (χ3n) is 5.31. The summed E-state index contributed by atoms with van der Waals surface area (Å²) in [6.45, 7) is 13.4. The van der Waals surface area contributed by atoms with Crippen LogP contribution in [0, 0.1) is 0 Å². The Morgan fingerprint density at radius 1 is 0.861 bits per heavy atom. The van der Waals surface area contributed by atoms with Crippen molar-refractivity contribution in [3.63, 3.8) is 0 Å². The van der Waals surface area contributed by atoms with Crippen molar-refractivity contribution < 1.29 is 38.0 Å². The third kappa shape index (κ3) is 6.42. The van der Waals surface area contributed by atoms with E-state index < -0.39 is 17.8 Å². The van der Waals surface area contributed by atoms with Crippen molar-refractivity contribution in [2.24, 2.45) is 0 Å². The van der Waals surface area contributed by atoms with Crippen LogP contribution in [0.15, 0.2) is 30.3 Å². The molecule has 0 spiro atoms. The van der Waals surface area contributed by atoms with Gasteiger partial charge in [0.1, 0.15) is 6.29 Å². The smallest absolute Gasteiger partial charge is 0.314 e. The quantitative estimate of drug-likeness (QED) is 0.282. The molecule has 1 aliphatic rings. The molecule has 196 valence electrons. The second-order valence-electron chi connectivity index (χ2n) is 9.35. The molecule has 3 rings (SSSR count). The fourth-order valence-electron chi connectivity index (χ4n) is 4.00. The highest BCUT2D eigenvalue weighted by atomic mass is 16.7. The standard InChI is InChI=1S/C28H36O8/c1-8-31-28(30)26(19-9-10-22-23(11-19)33-15-32-22)21(14-29)20-12-24(34-16(2)3)27(36-18(6)7)25(13-20)35-17(4)5/h9-14,16-18,21,26H,8,15H2,1-7H3. The molecule has 1 aliphatic heterocycles. The van der Waals surface area contributed by atoms with Crippen molar-refractivity contribution in [1.82, 2.24) is 0 Å². The van der Waals surface area contributed by atoms with E-state index in [1.807, 2.05) is 41.5 Å². The van der Waals surface area contributed by atoms with Crippen LogP contribution in [0.1, 0.15) is 71.4 Å². The van der Waals surface area contributed by atoms with E-state index in [0.29, 0.717) is 39.9 Å². The molecule has 2 atom stereocenters. The first-order valence-electron chi connectivity index (χ1n) is 12.3. The predicted molar refractivity (Wildman–Crippen MR) is 134 cm³/mol. The zero-order chi connectivity index (χ0) is 26.4. The molecule has 0 aliphatic carbocycles. The van der Waals surface area contributed by atoms with Gasteiger partial charge in [-0.3, -0.25) is 4.79 Å². The van der Waals surface area contributed by atoms with Crippen LogP contribution < -0.4 is 23.7 Å². The normalized spacial score (nSPS) is 14.1. The molecule has 36 heavy (non-hydrogen) atoms. The van der Waals surface area contributed by atoms with Crippen LogP contribution in [-0.4, -0.2) is 44.0 Å². The van der Waals surface area contributed by atoms with Crippen molar-refractivity contribution >= 4 is 12.3 Å². The van der Waals surface area contributed by atoms with Crippen molar-refractivity contribution in [3.8, 4) is 28.7 Å². The second kappa shape index (κ2) is 12.0. The molecule has 0 N–H and O–H groups in total. The maximum atomic E-state index is 13.2. The summed E-state index contributed by atoms with van der Waals surface area (Å²) in [6.07, 6.45) is 0.294. The topological polar surface area (TPSA) is 89.5 Å². The summed E-state index contributed by atoms with van der Waals surface area (Å²) >= 11 is 0. The fourth-order valence-corrected chi connectivity index (χ4v) is 4.00. The number of esters is 1. The van der Waals surface area contributed by atoms with Gasteiger partial charge in [0.05, 0.1) is 36.8 Å². The van der Waals surface area contributed by atoms with Gasteiger partial charge < -0.3 is 33.2 Å². The van der Waals surface area contributed by atoms with Gasteiger partial charge in [-0.2, -0.15) is 0 Å². The highest BCUT2D eigenvalue weighted by Gasteiger charge is 2.35. The van der Waals surface area contributed by atoms with Crippen molar-refractivity contribution in [2.75, 3.05) is 13.4 Å². The average Bonchev–Trinajstić information content (AvgIpc) is 3.26. The highest BCUT2D eigenvalue weighted by Crippen LogP contribution is 2.45. The molecule has 2 aromatic rings. The van der Waals surface area contributed by atoms with Gasteiger partial charge in [0.15, 0.2) is 23.0 Å². The van der Waals surface area contributed by atoms with Crippen LogP contribution in [0.2, 0.25) is 0 Å². The van der Waals surface area contributed by atoms with Crippen LogP contribution in [0.5, 0.6) is 28.7 Å². The average molecular weight is 501 g/mol. The predicted octanol–water partition coefficient (Wildman–Crippen LogP) is 5.41. The molecule has 2 unspecified atom stereocenters. The summed E-state index contributed by atoms with van der Waals surface area (Å²) in [7, 11) is 0. The molecular weight excluding hydrogens is 464 g/mol. The van der Waals surface area contributed by atoms with E-state index in [4.69, 9.17) is 28.4 Å². The molecule has 0 fully saturated rings. The first-order valence-corrected chi connectivity index (χ1v) is 12.3. The Morgan fingerprint density at radius 3 is 1.97 bits per heavy atom. The minimum Gasteiger partial charge on any atom is -0.487 e. The Labute approximate surface area is 212 Å². The van der Waals surface area contributed by atoms with Gasteiger partial charge in [-0.1, -0.05) is 6.07 Å². The number of hydrogen-bond donors (Lipinski definition) is 0. The van der Waals surface area contributed by atoms with Gasteiger partial charge in [-0.25, -0.2) is 0 Å². The van der Waals surface area contributed by atoms with Gasteiger partial charge in [-0.15, -0.1) is 0 Å². The molecule has 0 aromatic heterocycles. The van der Waals surface area contributed by atoms with Crippen LogP contribution in [-0.2, 0) is 14.3 Å². The lowest BCUT2D eigenvalue weighted by atomic mass is 9.82. The maximum absolute atomic E-state index is 13.2. The summed E-state index contributed by atoms with van der Waals surface area (Å²) in [5.41, 5.74) is 1.12. The Bertz CT molecular complexity index is 1030. The lowest BCUT2D eigenvalue weighted by Gasteiger charge is -2.26. The number of benzene rings is 2. The lowest BCUT2D eigenvalue weighted by Crippen LogP contribution is -2.24. The van der Waals surface area contributed by atoms with Crippen molar-refractivity contribution in [3.05, 3.63) is 41.5 Å². The molecule has 0 saturated heterocycles. The van der Waals surface area contributed by atoms with Crippen LogP contribution in [0.25, 0.3) is 0 Å². The van der Waals surface area contributed by atoms with Crippen LogP contribution in [0.4, 0.5) is 0 Å². The number of ether oxygens (including phenoxy) is 6. The third-order valence-corrected chi connectivity index (χ3v) is 5.31. The monoisotopic (exact) mass is 500 g/mol. The Hall–Kier alpha value is -3.42. The van der Waals surface area contributed by atoms with Gasteiger partial charge in [0.25, 0.3) is 0 Å². The molecule has 8 heteroatoms. The molecule has 0 amide bonds. The number of rotatable bonds is 12. The van der Waals surface area contributed by atoms with Crippen molar-refractivity contribution in [1.29, 1.82) is 0 Å². The number of hydrogen-bond acceptors (Lipinski definition) is 8. The largest absolute Gasteiger partial charge is 0.487 e. The first-order chi connectivity index (χ1) is 17.1. The van der Waals surface area contributed by atoms with Crippen LogP contribution in [0.3, 0.4) is 0 Å². The van der Waals surface area contributed by atoms with E-state index in [0.717, 1.165) is 6.29 Å². The molecule has 8 nitrogen and oxygen atoms in total. The minimum absolute atomic E-state index is 0.100. The number of fused-ring (bicyclic) bond motifs is 1. The Kier molecular flexibility index (Phi) is 9.07. The van der Waals surface area contributed by atoms with E-state index in [9.17, 15) is 9.59 Å². The molecule has 0 saturated carbocycles. The first kappa shape index (κ1) is 27.2. The van der Waals surface area contributed by atoms with Gasteiger partial charge in [0, 0.05) is 0 Å². The molecular formula is C28H36O8. The molecule has 2 aromatic carbocycles. The van der Waals surface area contributed by atoms with E-state index >= 15 is 0 Å². The van der Waals surface area contributed by atoms with Crippen molar-refractivity contribution in [2.45, 2.75) is 78.6 Å². The van der Waals surface area contributed by atoms with E-state index in [1.165, 1.54) is 0 Å². The summed E-state index contributed by atoms with van der Waals surface area (Å²) in [6, 6.07) is 8.67. The highest BCUT2D eigenvalue weighted by molar-refractivity contribution is 5.85. The van der Waals surface area contributed by atoms with Gasteiger partial charge >= 0.3 is 5.97 Å². The zero-order valence-corrected chi connectivity index (χ0v) is 22.0. The van der Waals surface area contributed by atoms with Crippen LogP contribution >= 0.6 is 0 Å². The Morgan fingerprint density at radius 2 is 1.44 bits per heavy atom. The minimum atomic E-state index is -0.924. The van der Waals surface area contributed by atoms with E-state index in [2.05, 4.69) is 0 Å².